The zero-order valence-corrected chi connectivity index (χ0v) is 6.06. The van der Waals surface area contributed by atoms with Gasteiger partial charge in [0.05, 0.1) is 0 Å². The molecule has 0 heterocycles. The maximum Gasteiger partial charge on any atom is 0.00792 e. The second-order valence-corrected chi connectivity index (χ2v) is 2.91. The first-order valence-corrected chi connectivity index (χ1v) is 3.74. The van der Waals surface area contributed by atoms with Crippen LogP contribution in [0.4, 0.5) is 0 Å². The lowest BCUT2D eigenvalue weighted by Crippen LogP contribution is -2.31. The van der Waals surface area contributed by atoms with E-state index < -0.39 is 0 Å². The van der Waals surface area contributed by atoms with Gasteiger partial charge < -0.3 is 11.1 Å². The van der Waals surface area contributed by atoms with Gasteiger partial charge in [0, 0.05) is 6.04 Å². The summed E-state index contributed by atoms with van der Waals surface area (Å²) in [7, 11) is 1.99. The van der Waals surface area contributed by atoms with E-state index in [0.717, 1.165) is 12.5 Å². The van der Waals surface area contributed by atoms with Gasteiger partial charge in [-0.25, -0.2) is 0 Å². The Bertz CT molecular complexity index is 83.0. The average Bonchev–Trinajstić information content (AvgIpc) is 2.18. The summed E-state index contributed by atoms with van der Waals surface area (Å²) in [6.07, 6.45) is 3.88. The van der Waals surface area contributed by atoms with E-state index in [0.29, 0.717) is 6.04 Å². The molecule has 0 amide bonds. The lowest BCUT2D eigenvalue weighted by molar-refractivity contribution is 0.460. The number of nitrogens with one attached hydrogen (secondary N) is 1. The summed E-state index contributed by atoms with van der Waals surface area (Å²) in [5.41, 5.74) is 5.83. The van der Waals surface area contributed by atoms with Crippen LogP contribution in [-0.2, 0) is 0 Å². The van der Waals surface area contributed by atoms with E-state index in [1.54, 1.807) is 0 Å². The van der Waals surface area contributed by atoms with Crippen molar-refractivity contribution in [1.29, 1.82) is 0 Å². The SMILES string of the molecule is CNC[C@@H]1CCC[C@@H]1N. The summed E-state index contributed by atoms with van der Waals surface area (Å²) in [4.78, 5) is 0. The smallest absolute Gasteiger partial charge is 0.00792 e. The number of nitrogens with two attached hydrogens (primary N) is 1. The first-order valence-electron chi connectivity index (χ1n) is 3.74. The predicted octanol–water partition coefficient (Wildman–Crippen LogP) is 0.333. The van der Waals surface area contributed by atoms with Gasteiger partial charge in [-0.3, -0.25) is 0 Å². The fourth-order valence-corrected chi connectivity index (χ4v) is 1.58. The molecular formula is C7H16N2. The Labute approximate surface area is 56.8 Å². The number of hydrogen-bond donors (Lipinski definition) is 2. The van der Waals surface area contributed by atoms with Crippen LogP contribution in [0, 0.1) is 5.92 Å². The molecule has 0 aromatic heterocycles. The largest absolute Gasteiger partial charge is 0.327 e. The molecule has 1 fully saturated rings. The van der Waals surface area contributed by atoms with Crippen LogP contribution in [0.15, 0.2) is 0 Å². The van der Waals surface area contributed by atoms with E-state index >= 15 is 0 Å². The second kappa shape index (κ2) is 3.18. The summed E-state index contributed by atoms with van der Waals surface area (Å²) < 4.78 is 0. The summed E-state index contributed by atoms with van der Waals surface area (Å²) in [5.74, 6) is 0.745. The highest BCUT2D eigenvalue weighted by Gasteiger charge is 2.22. The van der Waals surface area contributed by atoms with Crippen LogP contribution >= 0.6 is 0 Å². The Kier molecular flexibility index (Phi) is 2.49. The fourth-order valence-electron chi connectivity index (χ4n) is 1.58. The molecule has 54 valence electrons. The molecule has 0 unspecified atom stereocenters. The minimum Gasteiger partial charge on any atom is -0.327 e. The first kappa shape index (κ1) is 7.03. The molecular weight excluding hydrogens is 112 g/mol. The molecule has 9 heavy (non-hydrogen) atoms. The molecule has 3 N–H and O–H groups in total. The molecule has 0 spiro atoms. The molecule has 2 heteroatoms. The van der Waals surface area contributed by atoms with Gasteiger partial charge in [-0.2, -0.15) is 0 Å². The van der Waals surface area contributed by atoms with Crippen LogP contribution in [-0.4, -0.2) is 19.6 Å². The van der Waals surface area contributed by atoms with Crippen LogP contribution in [0.1, 0.15) is 19.3 Å². The molecule has 1 rings (SSSR count). The van der Waals surface area contributed by atoms with Gasteiger partial charge in [0.25, 0.3) is 0 Å². The van der Waals surface area contributed by atoms with Crippen LogP contribution in [0.5, 0.6) is 0 Å². The topological polar surface area (TPSA) is 38.0 Å². The van der Waals surface area contributed by atoms with Gasteiger partial charge in [0.15, 0.2) is 0 Å². The summed E-state index contributed by atoms with van der Waals surface area (Å²) in [5, 5.41) is 3.16. The monoisotopic (exact) mass is 128 g/mol. The summed E-state index contributed by atoms with van der Waals surface area (Å²) in [6.45, 7) is 1.10. The normalized spacial score (nSPS) is 35.3. The van der Waals surface area contributed by atoms with Crippen molar-refractivity contribution in [1.82, 2.24) is 5.32 Å². The third-order valence-corrected chi connectivity index (χ3v) is 2.18. The van der Waals surface area contributed by atoms with Crippen LogP contribution in [0.3, 0.4) is 0 Å². The molecule has 1 saturated carbocycles. The van der Waals surface area contributed by atoms with Crippen molar-refractivity contribution < 1.29 is 0 Å². The highest BCUT2D eigenvalue weighted by Crippen LogP contribution is 2.22. The van der Waals surface area contributed by atoms with Gasteiger partial charge in [-0.05, 0) is 32.4 Å². The Morgan fingerprint density at radius 1 is 1.56 bits per heavy atom. The van der Waals surface area contributed by atoms with Crippen LogP contribution in [0.25, 0.3) is 0 Å². The third-order valence-electron chi connectivity index (χ3n) is 2.18. The fraction of sp³-hybridized carbons (Fsp3) is 1.00. The van der Waals surface area contributed by atoms with Crippen molar-refractivity contribution >= 4 is 0 Å². The molecule has 1 aliphatic rings. The highest BCUT2D eigenvalue weighted by atomic mass is 14.8. The highest BCUT2D eigenvalue weighted by molar-refractivity contribution is 4.80. The molecule has 1 aliphatic carbocycles. The minimum atomic E-state index is 0.470. The summed E-state index contributed by atoms with van der Waals surface area (Å²) >= 11 is 0. The lowest BCUT2D eigenvalue weighted by Gasteiger charge is -2.13. The Morgan fingerprint density at radius 3 is 2.78 bits per heavy atom. The van der Waals surface area contributed by atoms with E-state index in [4.69, 9.17) is 5.73 Å². The molecule has 0 saturated heterocycles. The zero-order valence-electron chi connectivity index (χ0n) is 6.06. The second-order valence-electron chi connectivity index (χ2n) is 2.91. The molecule has 0 aliphatic heterocycles. The van der Waals surface area contributed by atoms with Gasteiger partial charge >= 0.3 is 0 Å². The molecule has 2 nitrogen and oxygen atoms in total. The molecule has 0 aromatic rings. The van der Waals surface area contributed by atoms with Crippen molar-refractivity contribution in [2.45, 2.75) is 25.3 Å². The van der Waals surface area contributed by atoms with Crippen molar-refractivity contribution in [2.24, 2.45) is 11.7 Å². The van der Waals surface area contributed by atoms with Crippen molar-refractivity contribution in [3.8, 4) is 0 Å². The molecule has 0 radical (unpaired) electrons. The van der Waals surface area contributed by atoms with E-state index in [2.05, 4.69) is 5.32 Å². The first-order chi connectivity index (χ1) is 4.34. The van der Waals surface area contributed by atoms with Crippen LogP contribution in [0.2, 0.25) is 0 Å². The van der Waals surface area contributed by atoms with E-state index in [-0.39, 0.29) is 0 Å². The predicted molar refractivity (Wildman–Crippen MR) is 39.2 cm³/mol. The van der Waals surface area contributed by atoms with E-state index in [9.17, 15) is 0 Å². The van der Waals surface area contributed by atoms with Crippen LogP contribution < -0.4 is 11.1 Å². The maximum absolute atomic E-state index is 5.83. The Morgan fingerprint density at radius 2 is 2.33 bits per heavy atom. The quantitative estimate of drug-likeness (QED) is 0.562. The Hall–Kier alpha value is -0.0800. The molecule has 0 bridgehead atoms. The van der Waals surface area contributed by atoms with Crippen molar-refractivity contribution in [3.63, 3.8) is 0 Å². The standard InChI is InChI=1S/C7H16N2/c1-9-5-6-3-2-4-7(6)8/h6-7,9H,2-5,8H2,1H3/t6-,7-/m0/s1. The van der Waals surface area contributed by atoms with Gasteiger partial charge in [0.2, 0.25) is 0 Å². The maximum atomic E-state index is 5.83. The van der Waals surface area contributed by atoms with E-state index in [1.807, 2.05) is 7.05 Å². The Balaban J connectivity index is 2.22. The van der Waals surface area contributed by atoms with E-state index in [1.165, 1.54) is 19.3 Å². The van der Waals surface area contributed by atoms with Gasteiger partial charge in [-0.1, -0.05) is 6.42 Å². The minimum absolute atomic E-state index is 0.470. The van der Waals surface area contributed by atoms with Gasteiger partial charge in [0.1, 0.15) is 0 Å². The molecule has 2 atom stereocenters. The number of rotatable bonds is 2. The average molecular weight is 128 g/mol. The number of hydrogen-bond acceptors (Lipinski definition) is 2. The van der Waals surface area contributed by atoms with Gasteiger partial charge in [-0.15, -0.1) is 0 Å². The third kappa shape index (κ3) is 1.66. The zero-order chi connectivity index (χ0) is 6.69. The molecule has 0 aromatic carbocycles. The van der Waals surface area contributed by atoms with Crippen molar-refractivity contribution in [2.75, 3.05) is 13.6 Å². The summed E-state index contributed by atoms with van der Waals surface area (Å²) in [6, 6.07) is 0.470. The van der Waals surface area contributed by atoms with Crippen molar-refractivity contribution in [3.05, 3.63) is 0 Å². The lowest BCUT2D eigenvalue weighted by atomic mass is 10.1.